The Labute approximate surface area is 195 Å². The molecule has 33 heavy (non-hydrogen) atoms. The molecule has 5 nitrogen and oxygen atoms in total. The Morgan fingerprint density at radius 3 is 2.48 bits per heavy atom. The molecule has 1 N–H and O–H groups in total. The molecule has 0 aliphatic heterocycles. The van der Waals surface area contributed by atoms with Gasteiger partial charge in [-0.2, -0.15) is 0 Å². The third-order valence-electron chi connectivity index (χ3n) is 6.24. The minimum atomic E-state index is -0.133. The summed E-state index contributed by atoms with van der Waals surface area (Å²) in [6.07, 6.45) is 7.30. The normalized spacial score (nSPS) is 12.2. The first kappa shape index (κ1) is 23.0. The molecule has 172 valence electrons. The molecule has 2 aromatic heterocycles. The summed E-state index contributed by atoms with van der Waals surface area (Å²) in [5.74, 6) is 0.587. The van der Waals surface area contributed by atoms with E-state index in [9.17, 15) is 4.79 Å². The number of aromatic amines is 1. The van der Waals surface area contributed by atoms with Gasteiger partial charge in [0.2, 0.25) is 0 Å². The Bertz CT molecular complexity index is 1370. The lowest BCUT2D eigenvalue weighted by molar-refractivity contribution is 0.610. The van der Waals surface area contributed by atoms with Gasteiger partial charge in [0, 0.05) is 24.0 Å². The van der Waals surface area contributed by atoms with Crippen LogP contribution in [0.4, 0.5) is 0 Å². The zero-order valence-corrected chi connectivity index (χ0v) is 20.0. The number of fused-ring (bicyclic) bond motifs is 2. The van der Waals surface area contributed by atoms with Crippen LogP contribution in [-0.4, -0.2) is 21.1 Å². The van der Waals surface area contributed by atoms with Crippen molar-refractivity contribution >= 4 is 21.9 Å². The van der Waals surface area contributed by atoms with Crippen LogP contribution in [0.25, 0.3) is 33.3 Å². The number of aryl methyl sites for hydroxylation is 2. The van der Waals surface area contributed by atoms with Gasteiger partial charge in [-0.25, -0.2) is 4.98 Å². The molecule has 0 fully saturated rings. The number of nitrogens with one attached hydrogen (secondary N) is 1. The van der Waals surface area contributed by atoms with Gasteiger partial charge in [-0.3, -0.25) is 9.79 Å². The van der Waals surface area contributed by atoms with Crippen LogP contribution in [0.1, 0.15) is 57.9 Å². The van der Waals surface area contributed by atoms with Crippen LogP contribution >= 0.6 is 0 Å². The van der Waals surface area contributed by atoms with Crippen molar-refractivity contribution in [2.24, 2.45) is 4.99 Å². The molecule has 4 aromatic rings. The van der Waals surface area contributed by atoms with Gasteiger partial charge < -0.3 is 9.55 Å². The predicted molar refractivity (Wildman–Crippen MR) is 138 cm³/mol. The number of nitrogens with zero attached hydrogens (tertiary/aromatic N) is 3. The highest BCUT2D eigenvalue weighted by atomic mass is 16.1. The number of aromatic nitrogens is 3. The molecule has 0 aliphatic rings. The van der Waals surface area contributed by atoms with Crippen LogP contribution in [0.15, 0.2) is 58.3 Å². The van der Waals surface area contributed by atoms with E-state index in [1.54, 1.807) is 0 Å². The molecule has 5 heteroatoms. The van der Waals surface area contributed by atoms with E-state index in [0.717, 1.165) is 46.9 Å². The van der Waals surface area contributed by atoms with Gasteiger partial charge in [-0.05, 0) is 32.4 Å². The molecule has 0 radical (unpaired) electrons. The molecule has 0 atom stereocenters. The number of hydrogen-bond acceptors (Lipinski definition) is 3. The van der Waals surface area contributed by atoms with Crippen LogP contribution in [0.3, 0.4) is 0 Å². The fraction of sp³-hybridized carbons (Fsp3) is 0.393. The first-order valence-electron chi connectivity index (χ1n) is 12.3. The molecule has 0 spiro atoms. The maximum Gasteiger partial charge on any atom is 0.262 e. The molecule has 2 aromatic carbocycles. The van der Waals surface area contributed by atoms with Crippen LogP contribution < -0.4 is 10.9 Å². The van der Waals surface area contributed by atoms with Gasteiger partial charge in [0.25, 0.3) is 5.56 Å². The summed E-state index contributed by atoms with van der Waals surface area (Å²) in [6.45, 7) is 7.86. The zero-order valence-electron chi connectivity index (χ0n) is 20.0. The number of unbranched alkanes of at least 4 members (excludes halogenated alkanes) is 5. The van der Waals surface area contributed by atoms with Gasteiger partial charge in [0.1, 0.15) is 11.2 Å². The van der Waals surface area contributed by atoms with Crippen molar-refractivity contribution in [2.75, 3.05) is 6.54 Å². The number of H-pyrrole nitrogens is 1. The van der Waals surface area contributed by atoms with E-state index in [1.807, 2.05) is 30.3 Å². The fourth-order valence-electron chi connectivity index (χ4n) is 4.49. The number of pyridine rings is 1. The lowest BCUT2D eigenvalue weighted by Crippen LogP contribution is -2.23. The first-order chi connectivity index (χ1) is 16.1. The van der Waals surface area contributed by atoms with Gasteiger partial charge in [0.15, 0.2) is 5.65 Å². The zero-order chi connectivity index (χ0) is 23.2. The highest BCUT2D eigenvalue weighted by Crippen LogP contribution is 2.20. The highest BCUT2D eigenvalue weighted by Gasteiger charge is 2.15. The van der Waals surface area contributed by atoms with Gasteiger partial charge in [-0.15, -0.1) is 0 Å². The van der Waals surface area contributed by atoms with E-state index in [0.29, 0.717) is 16.9 Å². The predicted octanol–water partition coefficient (Wildman–Crippen LogP) is 6.13. The summed E-state index contributed by atoms with van der Waals surface area (Å²) in [4.78, 5) is 26.4. The van der Waals surface area contributed by atoms with Crippen LogP contribution in [0.2, 0.25) is 0 Å². The average molecular weight is 443 g/mol. The number of hydrogen-bond donors (Lipinski definition) is 1. The Morgan fingerprint density at radius 1 is 0.970 bits per heavy atom. The van der Waals surface area contributed by atoms with Crippen molar-refractivity contribution in [3.8, 4) is 11.4 Å². The van der Waals surface area contributed by atoms with Crippen molar-refractivity contribution in [2.45, 2.75) is 65.8 Å². The molecule has 4 rings (SSSR count). The number of benzene rings is 2. The highest BCUT2D eigenvalue weighted by molar-refractivity contribution is 5.92. The smallest absolute Gasteiger partial charge is 0.262 e. The minimum absolute atomic E-state index is 0.133. The van der Waals surface area contributed by atoms with Crippen molar-refractivity contribution in [3.05, 3.63) is 69.8 Å². The first-order valence-corrected chi connectivity index (χ1v) is 12.3. The second-order valence-electron chi connectivity index (χ2n) is 8.74. The van der Waals surface area contributed by atoms with Gasteiger partial charge >= 0.3 is 0 Å². The van der Waals surface area contributed by atoms with E-state index in [2.05, 4.69) is 48.5 Å². The topological polar surface area (TPSA) is 63.0 Å². The van der Waals surface area contributed by atoms with E-state index in [4.69, 9.17) is 9.98 Å². The quantitative estimate of drug-likeness (QED) is 0.250. The Kier molecular flexibility index (Phi) is 7.38. The summed E-state index contributed by atoms with van der Waals surface area (Å²) < 4.78 is 2.13. The lowest BCUT2D eigenvalue weighted by Gasteiger charge is -2.15. The standard InChI is InChI=1S/C28H34N4O/c1-4-6-7-8-9-13-18-29-25-22-19-20(3)16-17-23(22)32(5-2)27-24(25)28(33)31-26(30-27)21-14-11-10-12-15-21/h10-12,14-17,19H,4-9,13,18H2,1-3H3,(H,30,31,33). The monoisotopic (exact) mass is 442 g/mol. The minimum Gasteiger partial charge on any atom is -0.325 e. The summed E-state index contributed by atoms with van der Waals surface area (Å²) in [5.41, 5.74) is 3.68. The summed E-state index contributed by atoms with van der Waals surface area (Å²) in [6, 6.07) is 16.2. The molecule has 0 aliphatic carbocycles. The fourth-order valence-corrected chi connectivity index (χ4v) is 4.49. The maximum atomic E-state index is 13.4. The van der Waals surface area contributed by atoms with Gasteiger partial charge in [-0.1, -0.05) is 81.0 Å². The van der Waals surface area contributed by atoms with Crippen molar-refractivity contribution in [1.29, 1.82) is 0 Å². The molecule has 0 bridgehead atoms. The van der Waals surface area contributed by atoms with Crippen LogP contribution in [0.5, 0.6) is 0 Å². The summed E-state index contributed by atoms with van der Waals surface area (Å²) >= 11 is 0. The summed E-state index contributed by atoms with van der Waals surface area (Å²) in [5, 5.41) is 2.38. The van der Waals surface area contributed by atoms with Crippen LogP contribution in [-0.2, 0) is 6.54 Å². The summed E-state index contributed by atoms with van der Waals surface area (Å²) in [7, 11) is 0. The largest absolute Gasteiger partial charge is 0.325 e. The Morgan fingerprint density at radius 2 is 1.73 bits per heavy atom. The lowest BCUT2D eigenvalue weighted by atomic mass is 10.1. The number of rotatable bonds is 9. The van der Waals surface area contributed by atoms with E-state index in [-0.39, 0.29) is 5.56 Å². The molecule has 0 saturated heterocycles. The second-order valence-corrected chi connectivity index (χ2v) is 8.74. The second kappa shape index (κ2) is 10.6. The molecule has 0 unspecified atom stereocenters. The Balaban J connectivity index is 1.89. The third kappa shape index (κ3) is 4.92. The third-order valence-corrected chi connectivity index (χ3v) is 6.24. The van der Waals surface area contributed by atoms with Crippen LogP contribution in [0, 0.1) is 6.92 Å². The maximum absolute atomic E-state index is 13.4. The molecular formula is C28H34N4O. The molecule has 2 heterocycles. The SMILES string of the molecule is CCCCCCCCN=c1c2cc(C)ccc2n(CC)c2nc(-c3ccccc3)[nH]c(=O)c12. The Hall–Kier alpha value is -3.21. The molecule has 0 amide bonds. The van der Waals surface area contributed by atoms with E-state index < -0.39 is 0 Å². The van der Waals surface area contributed by atoms with Crippen molar-refractivity contribution in [1.82, 2.24) is 14.5 Å². The average Bonchev–Trinajstić information content (AvgIpc) is 2.83. The van der Waals surface area contributed by atoms with E-state index in [1.165, 1.54) is 32.1 Å². The molecular weight excluding hydrogens is 408 g/mol. The van der Waals surface area contributed by atoms with Crippen molar-refractivity contribution < 1.29 is 0 Å². The van der Waals surface area contributed by atoms with Gasteiger partial charge in [0.05, 0.1) is 10.9 Å². The van der Waals surface area contributed by atoms with Crippen molar-refractivity contribution in [3.63, 3.8) is 0 Å². The van der Waals surface area contributed by atoms with E-state index >= 15 is 0 Å². The molecule has 0 saturated carbocycles.